The molecular formula is C15H15N3O2. The first-order chi connectivity index (χ1) is 9.65. The van der Waals surface area contributed by atoms with Crippen LogP contribution in [0, 0.1) is 12.8 Å². The molecule has 1 N–H and O–H groups in total. The van der Waals surface area contributed by atoms with Gasteiger partial charge in [0.25, 0.3) is 0 Å². The first-order valence-electron chi connectivity index (χ1n) is 6.65. The van der Waals surface area contributed by atoms with E-state index < -0.39 is 5.97 Å². The Kier molecular flexibility index (Phi) is 3.18. The SMILES string of the molecule is Cc1nc(-c2ccccn2)nc2c1CC(C(=O)O)CC2. The summed E-state index contributed by atoms with van der Waals surface area (Å²) in [6.07, 6.45) is 3.57. The number of fused-ring (bicyclic) bond motifs is 1. The van der Waals surface area contributed by atoms with E-state index in [2.05, 4.69) is 15.0 Å². The summed E-state index contributed by atoms with van der Waals surface area (Å²) >= 11 is 0. The number of nitrogens with zero attached hydrogens (tertiary/aromatic N) is 3. The smallest absolute Gasteiger partial charge is 0.306 e. The molecule has 5 heteroatoms. The number of pyridine rings is 1. The normalized spacial score (nSPS) is 17.6. The second-order valence-electron chi connectivity index (χ2n) is 5.05. The lowest BCUT2D eigenvalue weighted by Crippen LogP contribution is -2.24. The maximum atomic E-state index is 11.1. The molecule has 0 saturated carbocycles. The molecule has 2 aromatic rings. The predicted octanol–water partition coefficient (Wildman–Crippen LogP) is 2.04. The fraction of sp³-hybridized carbons (Fsp3) is 0.333. The van der Waals surface area contributed by atoms with Crippen LogP contribution in [-0.4, -0.2) is 26.0 Å². The third-order valence-corrected chi connectivity index (χ3v) is 3.72. The third kappa shape index (κ3) is 2.27. The maximum absolute atomic E-state index is 11.1. The van der Waals surface area contributed by atoms with Gasteiger partial charge in [0, 0.05) is 17.6 Å². The summed E-state index contributed by atoms with van der Waals surface area (Å²) in [5, 5.41) is 9.14. The minimum atomic E-state index is -0.733. The van der Waals surface area contributed by atoms with Gasteiger partial charge < -0.3 is 5.11 Å². The summed E-state index contributed by atoms with van der Waals surface area (Å²) in [5.41, 5.74) is 3.57. The monoisotopic (exact) mass is 269 g/mol. The third-order valence-electron chi connectivity index (χ3n) is 3.72. The van der Waals surface area contributed by atoms with Gasteiger partial charge in [0.1, 0.15) is 5.69 Å². The van der Waals surface area contributed by atoms with Crippen molar-refractivity contribution in [2.45, 2.75) is 26.2 Å². The first-order valence-corrected chi connectivity index (χ1v) is 6.65. The lowest BCUT2D eigenvalue weighted by atomic mass is 9.86. The van der Waals surface area contributed by atoms with Crippen LogP contribution in [0.15, 0.2) is 24.4 Å². The van der Waals surface area contributed by atoms with E-state index in [0.717, 1.165) is 22.6 Å². The number of hydrogen-bond donors (Lipinski definition) is 1. The Bertz CT molecular complexity index is 656. The van der Waals surface area contributed by atoms with Crippen LogP contribution in [0.3, 0.4) is 0 Å². The molecule has 2 aromatic heterocycles. The van der Waals surface area contributed by atoms with Crippen molar-refractivity contribution in [3.8, 4) is 11.5 Å². The highest BCUT2D eigenvalue weighted by atomic mass is 16.4. The number of aryl methyl sites for hydroxylation is 2. The van der Waals surface area contributed by atoms with Crippen molar-refractivity contribution in [2.75, 3.05) is 0 Å². The molecule has 0 aromatic carbocycles. The van der Waals surface area contributed by atoms with Gasteiger partial charge in [-0.2, -0.15) is 0 Å². The Morgan fingerprint density at radius 3 is 2.90 bits per heavy atom. The van der Waals surface area contributed by atoms with Crippen molar-refractivity contribution in [3.63, 3.8) is 0 Å². The standard InChI is InChI=1S/C15H15N3O2/c1-9-11-8-10(15(19)20)5-6-12(11)18-14(17-9)13-4-2-3-7-16-13/h2-4,7,10H,5-6,8H2,1H3,(H,19,20). The quantitative estimate of drug-likeness (QED) is 0.902. The van der Waals surface area contributed by atoms with Crippen LogP contribution in [0.25, 0.3) is 11.5 Å². The highest BCUT2D eigenvalue weighted by molar-refractivity contribution is 5.71. The molecule has 0 aliphatic heterocycles. The molecule has 0 bridgehead atoms. The van der Waals surface area contributed by atoms with E-state index in [9.17, 15) is 4.79 Å². The van der Waals surface area contributed by atoms with Crippen LogP contribution in [0.2, 0.25) is 0 Å². The molecular weight excluding hydrogens is 254 g/mol. The molecule has 20 heavy (non-hydrogen) atoms. The molecule has 3 rings (SSSR count). The van der Waals surface area contributed by atoms with Crippen LogP contribution in [0.1, 0.15) is 23.4 Å². The van der Waals surface area contributed by atoms with Gasteiger partial charge in [-0.3, -0.25) is 9.78 Å². The van der Waals surface area contributed by atoms with Crippen LogP contribution >= 0.6 is 0 Å². The van der Waals surface area contributed by atoms with Crippen LogP contribution < -0.4 is 0 Å². The number of rotatable bonds is 2. The predicted molar refractivity (Wildman–Crippen MR) is 73.2 cm³/mol. The Morgan fingerprint density at radius 1 is 1.35 bits per heavy atom. The zero-order chi connectivity index (χ0) is 14.1. The van der Waals surface area contributed by atoms with Crippen molar-refractivity contribution in [1.29, 1.82) is 0 Å². The molecule has 1 aliphatic carbocycles. The Labute approximate surface area is 116 Å². The fourth-order valence-corrected chi connectivity index (χ4v) is 2.61. The number of carbonyl (C=O) groups is 1. The maximum Gasteiger partial charge on any atom is 0.306 e. The largest absolute Gasteiger partial charge is 0.481 e. The van der Waals surface area contributed by atoms with E-state index in [-0.39, 0.29) is 5.92 Å². The average molecular weight is 269 g/mol. The van der Waals surface area contributed by atoms with E-state index in [0.29, 0.717) is 25.1 Å². The van der Waals surface area contributed by atoms with Crippen molar-refractivity contribution in [2.24, 2.45) is 5.92 Å². The summed E-state index contributed by atoms with van der Waals surface area (Å²) in [7, 11) is 0. The molecule has 1 atom stereocenters. The number of carboxylic acid groups (broad SMARTS) is 1. The zero-order valence-corrected chi connectivity index (χ0v) is 11.2. The molecule has 2 heterocycles. The summed E-state index contributed by atoms with van der Waals surface area (Å²) in [6.45, 7) is 1.91. The van der Waals surface area contributed by atoms with Gasteiger partial charge in [-0.15, -0.1) is 0 Å². The van der Waals surface area contributed by atoms with Crippen molar-refractivity contribution in [1.82, 2.24) is 15.0 Å². The zero-order valence-electron chi connectivity index (χ0n) is 11.2. The van der Waals surface area contributed by atoms with Crippen LogP contribution in [-0.2, 0) is 17.6 Å². The molecule has 1 aliphatic rings. The highest BCUT2D eigenvalue weighted by Gasteiger charge is 2.27. The molecule has 102 valence electrons. The van der Waals surface area contributed by atoms with Crippen LogP contribution in [0.4, 0.5) is 0 Å². The van der Waals surface area contributed by atoms with Gasteiger partial charge in [0.05, 0.1) is 5.92 Å². The molecule has 0 radical (unpaired) electrons. The number of carboxylic acids is 1. The van der Waals surface area contributed by atoms with E-state index >= 15 is 0 Å². The van der Waals surface area contributed by atoms with E-state index in [1.807, 2.05) is 25.1 Å². The minimum absolute atomic E-state index is 0.314. The van der Waals surface area contributed by atoms with Crippen molar-refractivity contribution in [3.05, 3.63) is 41.3 Å². The number of hydrogen-bond acceptors (Lipinski definition) is 4. The van der Waals surface area contributed by atoms with Gasteiger partial charge in [-0.05, 0) is 43.9 Å². The van der Waals surface area contributed by atoms with Crippen molar-refractivity contribution >= 4 is 5.97 Å². The number of aliphatic carboxylic acids is 1. The molecule has 0 spiro atoms. The lowest BCUT2D eigenvalue weighted by molar-refractivity contribution is -0.142. The summed E-state index contributed by atoms with van der Waals surface area (Å²) < 4.78 is 0. The molecule has 0 fully saturated rings. The summed E-state index contributed by atoms with van der Waals surface area (Å²) in [6, 6.07) is 5.64. The van der Waals surface area contributed by atoms with E-state index in [1.165, 1.54) is 0 Å². The fourth-order valence-electron chi connectivity index (χ4n) is 2.61. The first kappa shape index (κ1) is 12.7. The van der Waals surface area contributed by atoms with Crippen molar-refractivity contribution < 1.29 is 9.90 Å². The molecule has 0 amide bonds. The highest BCUT2D eigenvalue weighted by Crippen LogP contribution is 2.27. The van der Waals surface area contributed by atoms with Crippen LogP contribution in [0.5, 0.6) is 0 Å². The van der Waals surface area contributed by atoms with Gasteiger partial charge in [0.2, 0.25) is 0 Å². The lowest BCUT2D eigenvalue weighted by Gasteiger charge is -2.22. The molecule has 5 nitrogen and oxygen atoms in total. The Morgan fingerprint density at radius 2 is 2.20 bits per heavy atom. The topological polar surface area (TPSA) is 76.0 Å². The van der Waals surface area contributed by atoms with Gasteiger partial charge in [0.15, 0.2) is 5.82 Å². The second-order valence-corrected chi connectivity index (χ2v) is 5.05. The Balaban J connectivity index is 2.00. The van der Waals surface area contributed by atoms with E-state index in [4.69, 9.17) is 5.11 Å². The minimum Gasteiger partial charge on any atom is -0.481 e. The van der Waals surface area contributed by atoms with Gasteiger partial charge >= 0.3 is 5.97 Å². The average Bonchev–Trinajstić information content (AvgIpc) is 2.47. The molecule has 1 unspecified atom stereocenters. The van der Waals surface area contributed by atoms with E-state index in [1.54, 1.807) is 6.20 Å². The summed E-state index contributed by atoms with van der Waals surface area (Å²) in [5.74, 6) is -0.426. The van der Waals surface area contributed by atoms with Gasteiger partial charge in [-0.1, -0.05) is 6.07 Å². The van der Waals surface area contributed by atoms with Gasteiger partial charge in [-0.25, -0.2) is 9.97 Å². The second kappa shape index (κ2) is 5.00. The number of aromatic nitrogens is 3. The molecule has 0 saturated heterocycles. The summed E-state index contributed by atoms with van der Waals surface area (Å²) in [4.78, 5) is 24.4. The Hall–Kier alpha value is -2.30.